The normalized spacial score (nSPS) is 34.0. The van der Waals surface area contributed by atoms with E-state index in [1.165, 1.54) is 0 Å². The van der Waals surface area contributed by atoms with Crippen LogP contribution in [0.3, 0.4) is 0 Å². The summed E-state index contributed by atoms with van der Waals surface area (Å²) < 4.78 is 0. The van der Waals surface area contributed by atoms with Crippen LogP contribution < -0.4 is 0 Å². The smallest absolute Gasteiger partial charge is 0.308 e. The number of rotatable bonds is 1. The second-order valence-corrected chi connectivity index (χ2v) is 5.31. The van der Waals surface area contributed by atoms with Crippen molar-refractivity contribution in [2.24, 2.45) is 11.3 Å². The molecule has 2 atom stereocenters. The summed E-state index contributed by atoms with van der Waals surface area (Å²) in [6, 6.07) is 0.281. The molecule has 4 heteroatoms. The first-order valence-electron chi connectivity index (χ1n) is 5.46. The van der Waals surface area contributed by atoms with E-state index >= 15 is 0 Å². The molecule has 2 aliphatic heterocycles. The molecule has 15 heavy (non-hydrogen) atoms. The molecule has 0 spiro atoms. The summed E-state index contributed by atoms with van der Waals surface area (Å²) in [5.74, 6) is -1.01. The average Bonchev–Trinajstić information content (AvgIpc) is 2.37. The highest BCUT2D eigenvalue weighted by Crippen LogP contribution is 2.40. The standard InChI is InChI=1S/C11H17NO3/c1-11(2)5-8-4-3-7(9(13)14)6-12(8)10(11)15/h7-8H,3-6H2,1-2H3,(H,13,14)/t7-,8+/m1/s1. The Balaban J connectivity index is 2.14. The molecule has 0 aliphatic carbocycles. The topological polar surface area (TPSA) is 57.6 Å². The van der Waals surface area contributed by atoms with Crippen LogP contribution in [0, 0.1) is 11.3 Å². The maximum atomic E-state index is 12.0. The number of carbonyl (C=O) groups excluding carboxylic acids is 1. The van der Waals surface area contributed by atoms with Crippen molar-refractivity contribution in [3.63, 3.8) is 0 Å². The van der Waals surface area contributed by atoms with Gasteiger partial charge in [0.25, 0.3) is 0 Å². The van der Waals surface area contributed by atoms with Gasteiger partial charge in [-0.3, -0.25) is 9.59 Å². The largest absolute Gasteiger partial charge is 0.481 e. The van der Waals surface area contributed by atoms with E-state index in [1.807, 2.05) is 13.8 Å². The lowest BCUT2D eigenvalue weighted by Crippen LogP contribution is -2.44. The highest BCUT2D eigenvalue weighted by Gasteiger charge is 2.48. The monoisotopic (exact) mass is 211 g/mol. The summed E-state index contributed by atoms with van der Waals surface area (Å²) >= 11 is 0. The van der Waals surface area contributed by atoms with Crippen LogP contribution in [0.1, 0.15) is 33.1 Å². The van der Waals surface area contributed by atoms with Gasteiger partial charge < -0.3 is 10.0 Å². The van der Waals surface area contributed by atoms with Crippen molar-refractivity contribution in [2.45, 2.75) is 39.2 Å². The van der Waals surface area contributed by atoms with E-state index < -0.39 is 5.97 Å². The molecule has 2 fully saturated rings. The minimum absolute atomic E-state index is 0.124. The molecule has 2 aliphatic rings. The molecule has 84 valence electrons. The second kappa shape index (κ2) is 3.22. The summed E-state index contributed by atoms with van der Waals surface area (Å²) in [7, 11) is 0. The Morgan fingerprint density at radius 2 is 2.13 bits per heavy atom. The average molecular weight is 211 g/mol. The van der Waals surface area contributed by atoms with Crippen molar-refractivity contribution in [2.75, 3.05) is 6.54 Å². The predicted molar refractivity (Wildman–Crippen MR) is 54.3 cm³/mol. The van der Waals surface area contributed by atoms with Gasteiger partial charge in [0.15, 0.2) is 0 Å². The van der Waals surface area contributed by atoms with E-state index in [-0.39, 0.29) is 23.3 Å². The summed E-state index contributed by atoms with van der Waals surface area (Å²) in [5, 5.41) is 8.94. The molecule has 0 aromatic heterocycles. The lowest BCUT2D eigenvalue weighted by atomic mass is 9.87. The summed E-state index contributed by atoms with van der Waals surface area (Å²) in [6.45, 7) is 4.30. The lowest BCUT2D eigenvalue weighted by Gasteiger charge is -2.33. The molecule has 0 unspecified atom stereocenters. The number of hydrogen-bond acceptors (Lipinski definition) is 2. The van der Waals surface area contributed by atoms with Gasteiger partial charge in [-0.1, -0.05) is 13.8 Å². The Bertz CT molecular complexity index is 311. The number of aliphatic carboxylic acids is 1. The Morgan fingerprint density at radius 1 is 1.47 bits per heavy atom. The number of nitrogens with zero attached hydrogens (tertiary/aromatic N) is 1. The maximum absolute atomic E-state index is 12.0. The number of fused-ring (bicyclic) bond motifs is 1. The third-order valence-corrected chi connectivity index (χ3v) is 3.64. The molecule has 0 saturated carbocycles. The molecule has 2 rings (SSSR count). The first-order valence-corrected chi connectivity index (χ1v) is 5.46. The summed E-state index contributed by atoms with van der Waals surface area (Å²) in [4.78, 5) is 24.6. The zero-order valence-corrected chi connectivity index (χ0v) is 9.19. The van der Waals surface area contributed by atoms with Crippen LogP contribution in [0.15, 0.2) is 0 Å². The van der Waals surface area contributed by atoms with Gasteiger partial charge in [0.05, 0.1) is 5.92 Å². The van der Waals surface area contributed by atoms with Gasteiger partial charge in [0.1, 0.15) is 0 Å². The summed E-state index contributed by atoms with van der Waals surface area (Å²) in [5.41, 5.74) is -0.294. The molecular weight excluding hydrogens is 194 g/mol. The molecule has 0 aromatic carbocycles. The van der Waals surface area contributed by atoms with Gasteiger partial charge in [-0.2, -0.15) is 0 Å². The van der Waals surface area contributed by atoms with Crippen molar-refractivity contribution >= 4 is 11.9 Å². The third kappa shape index (κ3) is 1.62. The quantitative estimate of drug-likeness (QED) is 0.706. The van der Waals surface area contributed by atoms with Gasteiger partial charge in [0, 0.05) is 18.0 Å². The van der Waals surface area contributed by atoms with Crippen LogP contribution in [0.4, 0.5) is 0 Å². The van der Waals surface area contributed by atoms with Crippen LogP contribution in [-0.2, 0) is 9.59 Å². The van der Waals surface area contributed by atoms with Crippen LogP contribution in [0.2, 0.25) is 0 Å². The molecule has 1 amide bonds. The second-order valence-electron chi connectivity index (χ2n) is 5.31. The van der Waals surface area contributed by atoms with Gasteiger partial charge >= 0.3 is 5.97 Å². The third-order valence-electron chi connectivity index (χ3n) is 3.64. The first kappa shape index (κ1) is 10.5. The van der Waals surface area contributed by atoms with E-state index in [0.717, 1.165) is 12.8 Å². The molecule has 1 N–H and O–H groups in total. The van der Waals surface area contributed by atoms with Crippen molar-refractivity contribution in [1.29, 1.82) is 0 Å². The highest BCUT2D eigenvalue weighted by atomic mass is 16.4. The fraction of sp³-hybridized carbons (Fsp3) is 0.818. The Kier molecular flexibility index (Phi) is 2.24. The Hall–Kier alpha value is -1.06. The zero-order valence-electron chi connectivity index (χ0n) is 9.19. The molecule has 0 aromatic rings. The first-order chi connectivity index (χ1) is 6.92. The maximum Gasteiger partial charge on any atom is 0.308 e. The number of hydrogen-bond donors (Lipinski definition) is 1. The molecule has 0 bridgehead atoms. The zero-order chi connectivity index (χ0) is 11.2. The fourth-order valence-electron chi connectivity index (χ4n) is 2.75. The molecule has 4 nitrogen and oxygen atoms in total. The molecular formula is C11H17NO3. The summed E-state index contributed by atoms with van der Waals surface area (Å²) in [6.07, 6.45) is 2.42. The SMILES string of the molecule is CC1(C)C[C@@H]2CC[C@@H](C(=O)O)CN2C1=O. The van der Waals surface area contributed by atoms with Crippen molar-refractivity contribution in [3.8, 4) is 0 Å². The Labute approximate surface area is 89.3 Å². The van der Waals surface area contributed by atoms with E-state index in [9.17, 15) is 9.59 Å². The van der Waals surface area contributed by atoms with E-state index in [2.05, 4.69) is 0 Å². The van der Waals surface area contributed by atoms with Crippen LogP contribution >= 0.6 is 0 Å². The minimum Gasteiger partial charge on any atom is -0.481 e. The van der Waals surface area contributed by atoms with Gasteiger partial charge in [0.2, 0.25) is 5.91 Å². The van der Waals surface area contributed by atoms with Crippen molar-refractivity contribution < 1.29 is 14.7 Å². The number of carboxylic acids is 1. The highest BCUT2D eigenvalue weighted by molar-refractivity contribution is 5.85. The van der Waals surface area contributed by atoms with Crippen LogP contribution in [0.25, 0.3) is 0 Å². The van der Waals surface area contributed by atoms with Gasteiger partial charge in [-0.15, -0.1) is 0 Å². The molecule has 0 radical (unpaired) electrons. The number of amides is 1. The van der Waals surface area contributed by atoms with E-state index in [4.69, 9.17) is 5.11 Å². The molecule has 2 saturated heterocycles. The number of carbonyl (C=O) groups is 2. The van der Waals surface area contributed by atoms with E-state index in [1.54, 1.807) is 4.90 Å². The minimum atomic E-state index is -0.772. The fourth-order valence-corrected chi connectivity index (χ4v) is 2.75. The van der Waals surface area contributed by atoms with Gasteiger partial charge in [-0.25, -0.2) is 0 Å². The Morgan fingerprint density at radius 3 is 2.73 bits per heavy atom. The van der Waals surface area contributed by atoms with Crippen LogP contribution in [0.5, 0.6) is 0 Å². The van der Waals surface area contributed by atoms with E-state index in [0.29, 0.717) is 13.0 Å². The van der Waals surface area contributed by atoms with Crippen molar-refractivity contribution in [1.82, 2.24) is 4.90 Å². The van der Waals surface area contributed by atoms with Crippen LogP contribution in [-0.4, -0.2) is 34.5 Å². The van der Waals surface area contributed by atoms with Crippen molar-refractivity contribution in [3.05, 3.63) is 0 Å². The number of piperidine rings is 1. The lowest BCUT2D eigenvalue weighted by molar-refractivity contribution is -0.146. The van der Waals surface area contributed by atoms with Gasteiger partial charge in [-0.05, 0) is 19.3 Å². The number of carboxylic acid groups (broad SMARTS) is 1. The predicted octanol–water partition coefficient (Wildman–Crippen LogP) is 1.11. The molecule has 2 heterocycles.